The average molecular weight is 369 g/mol. The molecule has 3 aromatic heterocycles. The fourth-order valence-corrected chi connectivity index (χ4v) is 3.56. The van der Waals surface area contributed by atoms with E-state index < -0.39 is 6.09 Å². The number of amides is 1. The van der Waals surface area contributed by atoms with E-state index in [9.17, 15) is 4.79 Å². The van der Waals surface area contributed by atoms with Crippen molar-refractivity contribution in [3.05, 3.63) is 30.9 Å². The monoisotopic (exact) mass is 369 g/mol. The Hall–Kier alpha value is -3.10. The molecule has 9 heteroatoms. The van der Waals surface area contributed by atoms with Gasteiger partial charge in [0.15, 0.2) is 5.82 Å². The number of hydrogen-bond donors (Lipinski definition) is 2. The molecule has 2 N–H and O–H groups in total. The molecule has 1 saturated heterocycles. The zero-order valence-electron chi connectivity index (χ0n) is 15.5. The number of aromatic nitrogens is 5. The van der Waals surface area contributed by atoms with E-state index in [1.54, 1.807) is 17.1 Å². The van der Waals surface area contributed by atoms with Gasteiger partial charge in [0.25, 0.3) is 0 Å². The molecule has 0 bridgehead atoms. The Bertz CT molecular complexity index is 969. The lowest BCUT2D eigenvalue weighted by Crippen LogP contribution is -2.45. The fourth-order valence-electron chi connectivity index (χ4n) is 3.56. The third-order valence-corrected chi connectivity index (χ3v) is 5.31. The highest BCUT2D eigenvalue weighted by Crippen LogP contribution is 2.34. The van der Waals surface area contributed by atoms with Gasteiger partial charge < -0.3 is 15.3 Å². The molecular weight excluding hydrogens is 346 g/mol. The van der Waals surface area contributed by atoms with Crippen LogP contribution in [0.1, 0.15) is 19.8 Å². The second-order valence-electron chi connectivity index (χ2n) is 7.47. The number of hydrogen-bond acceptors (Lipinski definition) is 5. The Morgan fingerprint density at radius 1 is 1.30 bits per heavy atom. The molecule has 1 aliphatic heterocycles. The van der Waals surface area contributed by atoms with Gasteiger partial charge in [-0.1, -0.05) is 6.92 Å². The van der Waals surface area contributed by atoms with Crippen molar-refractivity contribution in [2.75, 3.05) is 24.5 Å². The largest absolute Gasteiger partial charge is 0.465 e. The van der Waals surface area contributed by atoms with Gasteiger partial charge in [-0.3, -0.25) is 4.68 Å². The van der Waals surface area contributed by atoms with E-state index in [0.717, 1.165) is 48.5 Å². The molecular formula is C18H23N7O2. The van der Waals surface area contributed by atoms with Gasteiger partial charge >= 0.3 is 6.09 Å². The normalized spacial score (nSPS) is 16.6. The quantitative estimate of drug-likeness (QED) is 0.730. The fraction of sp³-hybridized carbons (Fsp3) is 0.444. The zero-order valence-corrected chi connectivity index (χ0v) is 15.5. The molecule has 0 unspecified atom stereocenters. The molecule has 0 spiro atoms. The third kappa shape index (κ3) is 3.44. The second-order valence-corrected chi connectivity index (χ2v) is 7.47. The van der Waals surface area contributed by atoms with Crippen molar-refractivity contribution >= 4 is 17.4 Å². The minimum atomic E-state index is -0.967. The molecule has 4 heterocycles. The van der Waals surface area contributed by atoms with Gasteiger partial charge in [0.1, 0.15) is 5.52 Å². The molecule has 0 aromatic carbocycles. The summed E-state index contributed by atoms with van der Waals surface area (Å²) < 4.78 is 3.61. The maximum Gasteiger partial charge on any atom is 0.404 e. The second kappa shape index (κ2) is 6.57. The molecule has 0 aliphatic carbocycles. The van der Waals surface area contributed by atoms with E-state index in [-0.39, 0.29) is 5.41 Å². The summed E-state index contributed by atoms with van der Waals surface area (Å²) in [7, 11) is 1.88. The summed E-state index contributed by atoms with van der Waals surface area (Å²) in [6.07, 6.45) is 8.25. The molecule has 1 aliphatic rings. The number of nitrogens with zero attached hydrogens (tertiary/aromatic N) is 6. The summed E-state index contributed by atoms with van der Waals surface area (Å²) in [6.45, 7) is 4.25. The Kier molecular flexibility index (Phi) is 4.21. The zero-order chi connectivity index (χ0) is 19.0. The predicted octanol–water partition coefficient (Wildman–Crippen LogP) is 2.00. The number of rotatable bonds is 4. The number of carbonyl (C=O) groups is 1. The van der Waals surface area contributed by atoms with Crippen LogP contribution in [-0.4, -0.2) is 55.2 Å². The van der Waals surface area contributed by atoms with Crippen LogP contribution in [0.3, 0.4) is 0 Å². The van der Waals surface area contributed by atoms with Gasteiger partial charge in [0.2, 0.25) is 0 Å². The van der Waals surface area contributed by atoms with Crippen LogP contribution in [0.15, 0.2) is 30.9 Å². The molecule has 9 nitrogen and oxygen atoms in total. The van der Waals surface area contributed by atoms with Crippen molar-refractivity contribution in [3.63, 3.8) is 0 Å². The van der Waals surface area contributed by atoms with Gasteiger partial charge in [0.05, 0.1) is 24.3 Å². The lowest BCUT2D eigenvalue weighted by molar-refractivity contribution is 0.178. The van der Waals surface area contributed by atoms with E-state index in [1.165, 1.54) is 0 Å². The number of piperidine rings is 1. The first kappa shape index (κ1) is 17.3. The van der Waals surface area contributed by atoms with Crippen LogP contribution < -0.4 is 10.2 Å². The number of anilines is 1. The van der Waals surface area contributed by atoms with Crippen molar-refractivity contribution < 1.29 is 9.90 Å². The van der Waals surface area contributed by atoms with Crippen LogP contribution in [0.4, 0.5) is 10.6 Å². The molecule has 0 atom stereocenters. The van der Waals surface area contributed by atoms with E-state index in [4.69, 9.17) is 10.1 Å². The first-order chi connectivity index (χ1) is 12.9. The minimum Gasteiger partial charge on any atom is -0.465 e. The van der Waals surface area contributed by atoms with Crippen LogP contribution in [-0.2, 0) is 7.05 Å². The topological polar surface area (TPSA) is 101 Å². The number of carboxylic acid groups (broad SMARTS) is 1. The molecule has 1 amide bonds. The molecule has 1 fully saturated rings. The molecule has 0 radical (unpaired) electrons. The van der Waals surface area contributed by atoms with Crippen LogP contribution in [0.5, 0.6) is 0 Å². The summed E-state index contributed by atoms with van der Waals surface area (Å²) in [4.78, 5) is 18.0. The number of fused-ring (bicyclic) bond motifs is 1. The Balaban J connectivity index is 1.60. The van der Waals surface area contributed by atoms with E-state index in [2.05, 4.69) is 27.3 Å². The number of aryl methyl sites for hydroxylation is 1. The van der Waals surface area contributed by atoms with Crippen molar-refractivity contribution in [1.29, 1.82) is 0 Å². The lowest BCUT2D eigenvalue weighted by atomic mass is 9.80. The average Bonchev–Trinajstić information content (AvgIpc) is 3.29. The molecule has 3 aromatic rings. The van der Waals surface area contributed by atoms with Crippen molar-refractivity contribution in [2.45, 2.75) is 19.8 Å². The van der Waals surface area contributed by atoms with Crippen molar-refractivity contribution in [2.24, 2.45) is 12.5 Å². The molecule has 27 heavy (non-hydrogen) atoms. The van der Waals surface area contributed by atoms with Gasteiger partial charge in [-0.25, -0.2) is 14.3 Å². The summed E-state index contributed by atoms with van der Waals surface area (Å²) >= 11 is 0. The summed E-state index contributed by atoms with van der Waals surface area (Å²) in [5.41, 5.74) is 2.71. The lowest BCUT2D eigenvalue weighted by Gasteiger charge is -2.40. The molecule has 0 saturated carbocycles. The van der Waals surface area contributed by atoms with Crippen molar-refractivity contribution in [1.82, 2.24) is 29.7 Å². The summed E-state index contributed by atoms with van der Waals surface area (Å²) in [6, 6.07) is 1.97. The standard InChI is InChI=1S/C18H23N7O2/c1-18(12-19-17(26)27)4-7-24(8-5-18)16-15-3-6-20-25(15)11-14(22-16)13-9-21-23(2)10-13/h3,6,9-11,19H,4-5,7-8,12H2,1-2H3,(H,26,27). The Labute approximate surface area is 156 Å². The van der Waals surface area contributed by atoms with E-state index in [1.807, 2.05) is 30.0 Å². The highest BCUT2D eigenvalue weighted by molar-refractivity contribution is 5.72. The maximum absolute atomic E-state index is 10.8. The van der Waals surface area contributed by atoms with Crippen LogP contribution in [0, 0.1) is 5.41 Å². The predicted molar refractivity (Wildman–Crippen MR) is 101 cm³/mol. The van der Waals surface area contributed by atoms with Crippen molar-refractivity contribution in [3.8, 4) is 11.3 Å². The van der Waals surface area contributed by atoms with Crippen LogP contribution in [0.2, 0.25) is 0 Å². The molecule has 142 valence electrons. The van der Waals surface area contributed by atoms with E-state index in [0.29, 0.717) is 6.54 Å². The Morgan fingerprint density at radius 2 is 2.07 bits per heavy atom. The van der Waals surface area contributed by atoms with Gasteiger partial charge in [-0.05, 0) is 24.3 Å². The third-order valence-electron chi connectivity index (χ3n) is 5.31. The Morgan fingerprint density at radius 3 is 2.74 bits per heavy atom. The highest BCUT2D eigenvalue weighted by atomic mass is 16.4. The maximum atomic E-state index is 10.8. The first-order valence-corrected chi connectivity index (χ1v) is 8.99. The van der Waals surface area contributed by atoms with Crippen LogP contribution >= 0.6 is 0 Å². The summed E-state index contributed by atoms with van der Waals surface area (Å²) in [5, 5.41) is 20.0. The molecule has 4 rings (SSSR count). The van der Waals surface area contributed by atoms with Gasteiger partial charge in [0, 0.05) is 38.4 Å². The van der Waals surface area contributed by atoms with E-state index >= 15 is 0 Å². The SMILES string of the molecule is Cn1cc(-c2cn3nccc3c(N3CCC(C)(CNC(=O)O)CC3)n2)cn1. The van der Waals surface area contributed by atoms with Gasteiger partial charge in [-0.15, -0.1) is 0 Å². The number of nitrogens with one attached hydrogen (secondary N) is 1. The van der Waals surface area contributed by atoms with Gasteiger partial charge in [-0.2, -0.15) is 10.2 Å². The highest BCUT2D eigenvalue weighted by Gasteiger charge is 2.31. The minimum absolute atomic E-state index is 0.0353. The summed E-state index contributed by atoms with van der Waals surface area (Å²) in [5.74, 6) is 0.905. The first-order valence-electron chi connectivity index (χ1n) is 8.99. The van der Waals surface area contributed by atoms with Crippen LogP contribution in [0.25, 0.3) is 16.8 Å². The smallest absolute Gasteiger partial charge is 0.404 e.